The van der Waals surface area contributed by atoms with Gasteiger partial charge in [-0.05, 0) is 19.8 Å². The summed E-state index contributed by atoms with van der Waals surface area (Å²) in [6, 6.07) is -0.282. The number of fused-ring (bicyclic) bond motifs is 1. The molecule has 0 bridgehead atoms. The number of carbonyl (C=O) groups is 2. The van der Waals surface area contributed by atoms with E-state index in [2.05, 4.69) is 9.97 Å². The number of imide groups is 1. The second kappa shape index (κ2) is 3.68. The van der Waals surface area contributed by atoms with Crippen LogP contribution in [0.4, 0.5) is 0 Å². The maximum absolute atomic E-state index is 12.2. The predicted molar refractivity (Wildman–Crippen MR) is 59.7 cm³/mol. The molecule has 1 N–H and O–H groups in total. The molecule has 2 amide bonds. The van der Waals surface area contributed by atoms with Gasteiger partial charge in [0.15, 0.2) is 0 Å². The van der Waals surface area contributed by atoms with Crippen molar-refractivity contribution in [3.8, 4) is 0 Å². The van der Waals surface area contributed by atoms with Gasteiger partial charge >= 0.3 is 0 Å². The molecule has 17 heavy (non-hydrogen) atoms. The lowest BCUT2D eigenvalue weighted by atomic mass is 10.00. The van der Waals surface area contributed by atoms with Crippen molar-refractivity contribution in [3.05, 3.63) is 18.2 Å². The van der Waals surface area contributed by atoms with Crippen LogP contribution in [0.2, 0.25) is 0 Å². The van der Waals surface area contributed by atoms with Crippen LogP contribution in [0, 0.1) is 11.8 Å². The lowest BCUT2D eigenvalue weighted by molar-refractivity contribution is -0.143. The molecule has 1 saturated carbocycles. The first-order valence-corrected chi connectivity index (χ1v) is 6.06. The first-order valence-electron chi connectivity index (χ1n) is 6.06. The second-order valence-corrected chi connectivity index (χ2v) is 4.84. The van der Waals surface area contributed by atoms with Crippen molar-refractivity contribution in [1.82, 2.24) is 14.9 Å². The Kier molecular flexibility index (Phi) is 2.28. The van der Waals surface area contributed by atoms with Crippen molar-refractivity contribution in [3.63, 3.8) is 0 Å². The number of likely N-dealkylation sites (tertiary alicyclic amines) is 1. The number of aromatic nitrogens is 2. The van der Waals surface area contributed by atoms with Gasteiger partial charge in [0.2, 0.25) is 11.8 Å². The Balaban J connectivity index is 1.89. The van der Waals surface area contributed by atoms with Crippen LogP contribution in [-0.2, 0) is 9.59 Å². The van der Waals surface area contributed by atoms with Gasteiger partial charge in [-0.3, -0.25) is 14.5 Å². The third-order valence-corrected chi connectivity index (χ3v) is 3.93. The normalized spacial score (nSPS) is 29.8. The van der Waals surface area contributed by atoms with Gasteiger partial charge in [0, 0.05) is 12.4 Å². The molecule has 3 atom stereocenters. The molecule has 0 radical (unpaired) electrons. The summed E-state index contributed by atoms with van der Waals surface area (Å²) in [7, 11) is 0. The van der Waals surface area contributed by atoms with Crippen LogP contribution >= 0.6 is 0 Å². The van der Waals surface area contributed by atoms with E-state index in [0.717, 1.165) is 19.3 Å². The minimum Gasteiger partial charge on any atom is -0.347 e. The first-order chi connectivity index (χ1) is 8.20. The first kappa shape index (κ1) is 10.5. The fourth-order valence-corrected chi connectivity index (χ4v) is 3.03. The number of H-pyrrole nitrogens is 1. The largest absolute Gasteiger partial charge is 0.347 e. The summed E-state index contributed by atoms with van der Waals surface area (Å²) in [6.07, 6.45) is 6.05. The van der Waals surface area contributed by atoms with E-state index in [1.165, 1.54) is 4.90 Å². The highest BCUT2D eigenvalue weighted by Crippen LogP contribution is 2.42. The zero-order chi connectivity index (χ0) is 12.0. The van der Waals surface area contributed by atoms with Gasteiger partial charge in [0.1, 0.15) is 5.82 Å². The molecule has 5 heteroatoms. The Morgan fingerprint density at radius 2 is 2.00 bits per heavy atom. The zero-order valence-electron chi connectivity index (χ0n) is 9.72. The van der Waals surface area contributed by atoms with E-state index >= 15 is 0 Å². The van der Waals surface area contributed by atoms with Gasteiger partial charge in [0.05, 0.1) is 17.9 Å². The molecule has 1 aromatic heterocycles. The fourth-order valence-electron chi connectivity index (χ4n) is 3.03. The molecule has 90 valence electrons. The SMILES string of the molecule is CC(c1ncc[nH]1)N1C(=O)C2CCCC2C1=O. The number of imidazole rings is 1. The van der Waals surface area contributed by atoms with Crippen LogP contribution in [0.1, 0.15) is 38.1 Å². The van der Waals surface area contributed by atoms with Gasteiger partial charge in [-0.2, -0.15) is 0 Å². The highest BCUT2D eigenvalue weighted by molar-refractivity contribution is 6.05. The standard InChI is InChI=1S/C12H15N3O2/c1-7(10-13-5-6-14-10)15-11(16)8-3-2-4-9(8)12(15)17/h5-9H,2-4H2,1H3,(H,13,14). The average molecular weight is 233 g/mol. The quantitative estimate of drug-likeness (QED) is 0.782. The van der Waals surface area contributed by atoms with E-state index in [0.29, 0.717) is 5.82 Å². The third-order valence-electron chi connectivity index (χ3n) is 3.93. The summed E-state index contributed by atoms with van der Waals surface area (Å²) in [5, 5.41) is 0. The van der Waals surface area contributed by atoms with Crippen LogP contribution in [0.5, 0.6) is 0 Å². The van der Waals surface area contributed by atoms with Crippen LogP contribution < -0.4 is 0 Å². The molecule has 0 aromatic carbocycles. The van der Waals surface area contributed by atoms with Crippen molar-refractivity contribution >= 4 is 11.8 Å². The molecule has 3 rings (SSSR count). The smallest absolute Gasteiger partial charge is 0.233 e. The van der Waals surface area contributed by atoms with E-state index in [9.17, 15) is 9.59 Å². The Hall–Kier alpha value is -1.65. The molecule has 2 fully saturated rings. The van der Waals surface area contributed by atoms with Crippen LogP contribution in [-0.4, -0.2) is 26.7 Å². The zero-order valence-corrected chi connectivity index (χ0v) is 9.72. The van der Waals surface area contributed by atoms with Crippen molar-refractivity contribution in [2.24, 2.45) is 11.8 Å². The Morgan fingerprint density at radius 3 is 2.53 bits per heavy atom. The van der Waals surface area contributed by atoms with Crippen molar-refractivity contribution < 1.29 is 9.59 Å². The predicted octanol–water partition coefficient (Wildman–Crippen LogP) is 1.26. The monoisotopic (exact) mass is 233 g/mol. The maximum atomic E-state index is 12.2. The Labute approximate surface area is 99.2 Å². The minimum absolute atomic E-state index is 0.0126. The average Bonchev–Trinajstić information content (AvgIpc) is 3.02. The summed E-state index contributed by atoms with van der Waals surface area (Å²) in [5.74, 6) is 0.509. The van der Waals surface area contributed by atoms with E-state index in [1.807, 2.05) is 6.92 Å². The summed E-state index contributed by atoms with van der Waals surface area (Å²) >= 11 is 0. The van der Waals surface area contributed by atoms with Gasteiger partial charge in [-0.25, -0.2) is 4.98 Å². The number of carbonyl (C=O) groups excluding carboxylic acids is 2. The summed E-state index contributed by atoms with van der Waals surface area (Å²) in [5.41, 5.74) is 0. The molecule has 0 spiro atoms. The number of rotatable bonds is 2. The number of nitrogens with zero attached hydrogens (tertiary/aromatic N) is 2. The number of hydrogen-bond donors (Lipinski definition) is 1. The summed E-state index contributed by atoms with van der Waals surface area (Å²) < 4.78 is 0. The molecular formula is C12H15N3O2. The van der Waals surface area contributed by atoms with Crippen LogP contribution in [0.25, 0.3) is 0 Å². The highest BCUT2D eigenvalue weighted by atomic mass is 16.2. The molecule has 1 saturated heterocycles. The molecule has 2 heterocycles. The molecule has 2 aliphatic rings. The van der Waals surface area contributed by atoms with Gasteiger partial charge in [0.25, 0.3) is 0 Å². The van der Waals surface area contributed by atoms with Gasteiger partial charge in [-0.1, -0.05) is 6.42 Å². The minimum atomic E-state index is -0.282. The summed E-state index contributed by atoms with van der Waals surface area (Å²) in [4.78, 5) is 32.9. The Bertz CT molecular complexity index is 432. The molecular weight excluding hydrogens is 218 g/mol. The lowest BCUT2D eigenvalue weighted by Gasteiger charge is -2.21. The number of aromatic amines is 1. The second-order valence-electron chi connectivity index (χ2n) is 4.84. The van der Waals surface area contributed by atoms with E-state index in [1.54, 1.807) is 12.4 Å². The van der Waals surface area contributed by atoms with Gasteiger partial charge < -0.3 is 4.98 Å². The topological polar surface area (TPSA) is 66.1 Å². The fraction of sp³-hybridized carbons (Fsp3) is 0.583. The van der Waals surface area contributed by atoms with Gasteiger partial charge in [-0.15, -0.1) is 0 Å². The van der Waals surface area contributed by atoms with Crippen LogP contribution in [0.15, 0.2) is 12.4 Å². The number of nitrogens with one attached hydrogen (secondary N) is 1. The summed E-state index contributed by atoms with van der Waals surface area (Å²) in [6.45, 7) is 1.84. The maximum Gasteiger partial charge on any atom is 0.233 e. The molecule has 3 unspecified atom stereocenters. The van der Waals surface area contributed by atoms with Crippen molar-refractivity contribution in [1.29, 1.82) is 0 Å². The van der Waals surface area contributed by atoms with Crippen molar-refractivity contribution in [2.75, 3.05) is 0 Å². The lowest BCUT2D eigenvalue weighted by Crippen LogP contribution is -2.34. The molecule has 1 aromatic rings. The molecule has 1 aliphatic heterocycles. The van der Waals surface area contributed by atoms with E-state index in [-0.39, 0.29) is 29.7 Å². The Morgan fingerprint density at radius 1 is 1.35 bits per heavy atom. The highest BCUT2D eigenvalue weighted by Gasteiger charge is 2.51. The molecule has 1 aliphatic carbocycles. The number of hydrogen-bond acceptors (Lipinski definition) is 3. The van der Waals surface area contributed by atoms with E-state index in [4.69, 9.17) is 0 Å². The van der Waals surface area contributed by atoms with Crippen molar-refractivity contribution in [2.45, 2.75) is 32.2 Å². The number of amides is 2. The molecule has 5 nitrogen and oxygen atoms in total. The third kappa shape index (κ3) is 1.41. The van der Waals surface area contributed by atoms with Crippen LogP contribution in [0.3, 0.4) is 0 Å². The van der Waals surface area contributed by atoms with E-state index < -0.39 is 0 Å².